The first-order valence-corrected chi connectivity index (χ1v) is 6.64. The fourth-order valence-electron chi connectivity index (χ4n) is 2.09. The molecular formula is C14H21N3O. The number of nitrogens with one attached hydrogen (secondary N) is 2. The van der Waals surface area contributed by atoms with Crippen molar-refractivity contribution in [1.29, 1.82) is 0 Å². The van der Waals surface area contributed by atoms with Crippen molar-refractivity contribution in [3.8, 4) is 0 Å². The number of benzene rings is 1. The van der Waals surface area contributed by atoms with Gasteiger partial charge in [-0.15, -0.1) is 0 Å². The van der Waals surface area contributed by atoms with Gasteiger partial charge in [0.05, 0.1) is 6.54 Å². The Morgan fingerprint density at radius 1 is 1.11 bits per heavy atom. The molecule has 1 saturated heterocycles. The predicted octanol–water partition coefficient (Wildman–Crippen LogP) is 1.29. The number of piperidine rings is 1. The maximum absolute atomic E-state index is 11.7. The summed E-state index contributed by atoms with van der Waals surface area (Å²) in [6.45, 7) is 3.06. The van der Waals surface area contributed by atoms with Crippen LogP contribution in [-0.4, -0.2) is 30.6 Å². The van der Waals surface area contributed by atoms with E-state index in [1.54, 1.807) is 0 Å². The summed E-state index contributed by atoms with van der Waals surface area (Å²) in [5.41, 5.74) is 4.31. The Hall–Kier alpha value is -1.39. The Morgan fingerprint density at radius 2 is 1.83 bits per heavy atom. The predicted molar refractivity (Wildman–Crippen MR) is 71.7 cm³/mol. The van der Waals surface area contributed by atoms with Gasteiger partial charge in [0, 0.05) is 19.6 Å². The second kappa shape index (κ2) is 7.13. The molecule has 1 amide bonds. The minimum Gasteiger partial charge on any atom is -0.351 e. The molecule has 0 saturated carbocycles. The van der Waals surface area contributed by atoms with E-state index in [-0.39, 0.29) is 5.91 Å². The van der Waals surface area contributed by atoms with Gasteiger partial charge in [0.1, 0.15) is 0 Å². The quantitative estimate of drug-likeness (QED) is 0.824. The number of hydrogen-bond donors (Lipinski definition) is 2. The maximum Gasteiger partial charge on any atom is 0.235 e. The Balaban J connectivity index is 1.63. The lowest BCUT2D eigenvalue weighted by Crippen LogP contribution is -2.46. The van der Waals surface area contributed by atoms with Crippen LogP contribution in [0, 0.1) is 0 Å². The van der Waals surface area contributed by atoms with Gasteiger partial charge in [0.25, 0.3) is 0 Å². The van der Waals surface area contributed by atoms with E-state index in [4.69, 9.17) is 0 Å². The molecule has 2 N–H and O–H groups in total. The first kappa shape index (κ1) is 13.1. The van der Waals surface area contributed by atoms with Crippen LogP contribution in [0.3, 0.4) is 0 Å². The van der Waals surface area contributed by atoms with Crippen LogP contribution in [0.2, 0.25) is 0 Å². The van der Waals surface area contributed by atoms with Crippen molar-refractivity contribution in [2.24, 2.45) is 0 Å². The molecule has 98 valence electrons. The molecule has 1 heterocycles. The monoisotopic (exact) mass is 247 g/mol. The Kier molecular flexibility index (Phi) is 5.17. The Bertz CT molecular complexity index is 361. The van der Waals surface area contributed by atoms with Crippen LogP contribution >= 0.6 is 0 Å². The van der Waals surface area contributed by atoms with Crippen LogP contribution in [-0.2, 0) is 11.3 Å². The zero-order valence-corrected chi connectivity index (χ0v) is 10.7. The molecule has 1 aliphatic heterocycles. The van der Waals surface area contributed by atoms with Crippen molar-refractivity contribution in [1.82, 2.24) is 15.8 Å². The molecule has 0 aromatic heterocycles. The summed E-state index contributed by atoms with van der Waals surface area (Å²) in [6, 6.07) is 9.96. The summed E-state index contributed by atoms with van der Waals surface area (Å²) in [7, 11) is 0. The summed E-state index contributed by atoms with van der Waals surface area (Å²) >= 11 is 0. The number of hydrazine groups is 1. The number of carbonyl (C=O) groups excluding carboxylic acids is 1. The molecule has 1 fully saturated rings. The molecule has 0 bridgehead atoms. The van der Waals surface area contributed by atoms with Crippen molar-refractivity contribution < 1.29 is 4.79 Å². The number of nitrogens with zero attached hydrogens (tertiary/aromatic N) is 1. The Morgan fingerprint density at radius 3 is 2.56 bits per heavy atom. The van der Waals surface area contributed by atoms with Crippen molar-refractivity contribution in [2.45, 2.75) is 25.8 Å². The minimum absolute atomic E-state index is 0.0458. The summed E-state index contributed by atoms with van der Waals surface area (Å²) < 4.78 is 0. The Labute approximate surface area is 108 Å². The molecule has 0 unspecified atom stereocenters. The van der Waals surface area contributed by atoms with Crippen LogP contribution in [0.15, 0.2) is 30.3 Å². The first-order chi connectivity index (χ1) is 8.84. The topological polar surface area (TPSA) is 44.4 Å². The fraction of sp³-hybridized carbons (Fsp3) is 0.500. The highest BCUT2D eigenvalue weighted by Gasteiger charge is 2.10. The normalized spacial score (nSPS) is 16.4. The molecule has 1 aliphatic rings. The average molecular weight is 247 g/mol. The fourth-order valence-corrected chi connectivity index (χ4v) is 2.09. The minimum atomic E-state index is 0.0458. The third kappa shape index (κ3) is 4.47. The smallest absolute Gasteiger partial charge is 0.235 e. The van der Waals surface area contributed by atoms with E-state index in [1.807, 2.05) is 30.3 Å². The van der Waals surface area contributed by atoms with Crippen LogP contribution in [0.5, 0.6) is 0 Å². The summed E-state index contributed by atoms with van der Waals surface area (Å²) in [6.07, 6.45) is 3.75. The largest absolute Gasteiger partial charge is 0.351 e. The number of rotatable bonds is 5. The highest BCUT2D eigenvalue weighted by Crippen LogP contribution is 2.05. The molecule has 4 heteroatoms. The van der Waals surface area contributed by atoms with E-state index >= 15 is 0 Å². The van der Waals surface area contributed by atoms with E-state index in [1.165, 1.54) is 19.3 Å². The zero-order valence-electron chi connectivity index (χ0n) is 10.7. The standard InChI is InChI=1S/C14H21N3O/c18-14(12-16-17-9-5-2-6-10-17)15-11-13-7-3-1-4-8-13/h1,3-4,7-8,16H,2,5-6,9-12H2,(H,15,18). The lowest BCUT2D eigenvalue weighted by Gasteiger charge is -2.26. The van der Waals surface area contributed by atoms with E-state index in [0.717, 1.165) is 18.7 Å². The van der Waals surface area contributed by atoms with Gasteiger partial charge in [-0.1, -0.05) is 36.8 Å². The van der Waals surface area contributed by atoms with Gasteiger partial charge in [-0.25, -0.2) is 10.4 Å². The van der Waals surface area contributed by atoms with Crippen LogP contribution < -0.4 is 10.7 Å². The van der Waals surface area contributed by atoms with Gasteiger partial charge < -0.3 is 5.32 Å². The SMILES string of the molecule is O=C(CNN1CCCCC1)NCc1ccccc1. The van der Waals surface area contributed by atoms with Gasteiger partial charge in [-0.2, -0.15) is 0 Å². The second-order valence-electron chi connectivity index (χ2n) is 4.64. The van der Waals surface area contributed by atoms with E-state index in [0.29, 0.717) is 13.1 Å². The third-order valence-electron chi connectivity index (χ3n) is 3.15. The number of hydrogen-bond acceptors (Lipinski definition) is 3. The van der Waals surface area contributed by atoms with Crippen molar-refractivity contribution in [3.05, 3.63) is 35.9 Å². The van der Waals surface area contributed by atoms with Crippen LogP contribution in [0.25, 0.3) is 0 Å². The zero-order chi connectivity index (χ0) is 12.6. The van der Waals surface area contributed by atoms with Crippen molar-refractivity contribution in [2.75, 3.05) is 19.6 Å². The lowest BCUT2D eigenvalue weighted by atomic mass is 10.2. The van der Waals surface area contributed by atoms with E-state index in [9.17, 15) is 4.79 Å². The molecule has 18 heavy (non-hydrogen) atoms. The maximum atomic E-state index is 11.7. The second-order valence-corrected chi connectivity index (χ2v) is 4.64. The van der Waals surface area contributed by atoms with Crippen molar-refractivity contribution in [3.63, 3.8) is 0 Å². The molecule has 2 rings (SSSR count). The van der Waals surface area contributed by atoms with Gasteiger partial charge in [0.15, 0.2) is 0 Å². The highest BCUT2D eigenvalue weighted by atomic mass is 16.2. The number of amides is 1. The lowest BCUT2D eigenvalue weighted by molar-refractivity contribution is -0.121. The molecule has 0 spiro atoms. The summed E-state index contributed by atoms with van der Waals surface area (Å²) in [4.78, 5) is 11.7. The molecule has 0 aliphatic carbocycles. The average Bonchev–Trinajstić information content (AvgIpc) is 2.45. The first-order valence-electron chi connectivity index (χ1n) is 6.64. The van der Waals surface area contributed by atoms with Gasteiger partial charge in [-0.3, -0.25) is 4.79 Å². The van der Waals surface area contributed by atoms with Gasteiger partial charge >= 0.3 is 0 Å². The molecule has 4 nitrogen and oxygen atoms in total. The molecule has 1 aromatic carbocycles. The van der Waals surface area contributed by atoms with Gasteiger partial charge in [0.2, 0.25) is 5.91 Å². The molecular weight excluding hydrogens is 226 g/mol. The van der Waals surface area contributed by atoms with Crippen molar-refractivity contribution >= 4 is 5.91 Å². The van der Waals surface area contributed by atoms with Crippen LogP contribution in [0.4, 0.5) is 0 Å². The molecule has 0 atom stereocenters. The molecule has 0 radical (unpaired) electrons. The van der Waals surface area contributed by atoms with E-state index < -0.39 is 0 Å². The van der Waals surface area contributed by atoms with E-state index in [2.05, 4.69) is 15.8 Å². The van der Waals surface area contributed by atoms with Gasteiger partial charge in [-0.05, 0) is 18.4 Å². The third-order valence-corrected chi connectivity index (χ3v) is 3.15. The summed E-state index contributed by atoms with van der Waals surface area (Å²) in [5, 5.41) is 5.05. The van der Waals surface area contributed by atoms with Crippen LogP contribution in [0.1, 0.15) is 24.8 Å². The highest BCUT2D eigenvalue weighted by molar-refractivity contribution is 5.77. The summed E-state index contributed by atoms with van der Waals surface area (Å²) in [5.74, 6) is 0.0458. The number of carbonyl (C=O) groups is 1. The molecule has 1 aromatic rings.